The molecule has 0 unspecified atom stereocenters. The molecule has 2 heteroatoms. The van der Waals surface area contributed by atoms with Crippen LogP contribution in [0.4, 0.5) is 0 Å². The van der Waals surface area contributed by atoms with Crippen molar-refractivity contribution < 1.29 is 26.1 Å². The molecule has 0 aliphatic carbocycles. The number of hydrogen-bond donors (Lipinski definition) is 0. The first-order valence-electron chi connectivity index (χ1n) is 0.931. The molecule has 1 nitrogen and oxygen atoms in total. The monoisotopic (exact) mass is 243 g/mol. The Bertz CT molecular complexity index is 10.8. The van der Waals surface area contributed by atoms with Crippen molar-refractivity contribution in [3.63, 3.8) is 0 Å². The molecule has 0 fully saturated rings. The Labute approximate surface area is 42.6 Å². The summed E-state index contributed by atoms with van der Waals surface area (Å²) in [5.74, 6) is 0. The van der Waals surface area contributed by atoms with Crippen LogP contribution in [0.15, 0.2) is 0 Å². The summed E-state index contributed by atoms with van der Waals surface area (Å²) in [6.45, 7) is 4.75. The molecular formula is C2H3HgN. The number of rotatable bonds is 0. The van der Waals surface area contributed by atoms with Crippen LogP contribution in [0.25, 0.3) is 0 Å². The molecule has 0 aliphatic heterocycles. The van der Waals surface area contributed by atoms with E-state index >= 15 is 0 Å². The second kappa shape index (κ2) is 111. The van der Waals surface area contributed by atoms with Gasteiger partial charge in [-0.2, -0.15) is 0 Å². The van der Waals surface area contributed by atoms with E-state index in [1.54, 1.807) is 0 Å². The number of hydrogen-bond acceptors (Lipinski definition) is 1. The first-order valence-corrected chi connectivity index (χ1v) is 6.43. The molecule has 0 radical (unpaired) electrons. The van der Waals surface area contributed by atoms with Crippen molar-refractivity contribution in [2.24, 2.45) is 0 Å². The van der Waals surface area contributed by atoms with Crippen molar-refractivity contribution in [2.75, 3.05) is 0 Å². The predicted octanol–water partition coefficient (Wildman–Crippen LogP) is 0.678. The summed E-state index contributed by atoms with van der Waals surface area (Å²) in [6.07, 6.45) is 0. The zero-order chi connectivity index (χ0) is 4.00. The molecule has 0 heterocycles. The van der Waals surface area contributed by atoms with Crippen molar-refractivity contribution in [3.8, 4) is 0 Å². The molecular weight excluding hydrogens is 239 g/mol. The summed E-state index contributed by atoms with van der Waals surface area (Å²) >= 11 is 1.03. The Kier molecular flexibility index (Phi) is 246. The first kappa shape index (κ1) is 8.83. The van der Waals surface area contributed by atoms with Crippen molar-refractivity contribution in [1.29, 1.82) is 5.26 Å². The van der Waals surface area contributed by atoms with Crippen LogP contribution in [0.5, 0.6) is 0 Å². The van der Waals surface area contributed by atoms with Crippen molar-refractivity contribution in [1.82, 2.24) is 0 Å². The second-order valence-electron chi connectivity index (χ2n) is 0. The molecule has 0 aromatic rings. The molecule has 18 valence electrons. The molecule has 0 amide bonds. The topological polar surface area (TPSA) is 23.8 Å². The van der Waals surface area contributed by atoms with Crippen LogP contribution in [0.2, 0.25) is 4.43 Å². The third-order valence-electron chi connectivity index (χ3n) is 0. The van der Waals surface area contributed by atoms with Gasteiger partial charge in [-0.05, 0) is 0 Å². The third kappa shape index (κ3) is 27.3. The van der Waals surface area contributed by atoms with Gasteiger partial charge in [0, 0.05) is 0 Å². The maximum absolute atomic E-state index is 6.25. The van der Waals surface area contributed by atoms with Gasteiger partial charge in [-0.25, -0.2) is 0 Å². The van der Waals surface area contributed by atoms with E-state index in [0.29, 0.717) is 0 Å². The molecule has 0 rings (SSSR count). The summed E-state index contributed by atoms with van der Waals surface area (Å²) in [5.41, 5.74) is 0. The van der Waals surface area contributed by atoms with E-state index in [1.807, 2.05) is 0 Å². The molecule has 0 saturated carbocycles. The van der Waals surface area contributed by atoms with E-state index < -0.39 is 0 Å². The second-order valence-corrected chi connectivity index (χ2v) is 0. The van der Waals surface area contributed by atoms with Crippen LogP contribution in [0.3, 0.4) is 0 Å². The minimum atomic E-state index is 1.03. The summed E-state index contributed by atoms with van der Waals surface area (Å²) in [5, 5.41) is 6.25. The zero-order valence-electron chi connectivity index (χ0n) is 2.65. The molecule has 4 heavy (non-hydrogen) atoms. The minimum absolute atomic E-state index is 1.03. The first-order chi connectivity index (χ1) is 2.00. The van der Waals surface area contributed by atoms with E-state index in [2.05, 4.69) is 4.43 Å². The van der Waals surface area contributed by atoms with Gasteiger partial charge in [-0.15, -0.1) is 0 Å². The van der Waals surface area contributed by atoms with Crippen molar-refractivity contribution in [2.45, 2.75) is 4.43 Å². The molecule has 0 aromatic carbocycles. The van der Waals surface area contributed by atoms with Gasteiger partial charge >= 0.3 is 30.6 Å². The standard InChI is InChI=1S/CN.CH3.Hg/c1-2;;/h;1H3;/q-1;;+1. The quantitative estimate of drug-likeness (QED) is 0.452. The average molecular weight is 242 g/mol. The Balaban J connectivity index is 0. The average Bonchev–Trinajstić information content (AvgIpc) is 1.50. The van der Waals surface area contributed by atoms with Crippen LogP contribution in [0, 0.1) is 11.8 Å². The van der Waals surface area contributed by atoms with Gasteiger partial charge < -0.3 is 11.8 Å². The van der Waals surface area contributed by atoms with Gasteiger partial charge in [0.25, 0.3) is 0 Å². The summed E-state index contributed by atoms with van der Waals surface area (Å²) < 4.78 is 2.19. The van der Waals surface area contributed by atoms with Crippen LogP contribution in [-0.2, 0) is 26.1 Å². The summed E-state index contributed by atoms with van der Waals surface area (Å²) in [6, 6.07) is 0. The molecule has 0 atom stereocenters. The van der Waals surface area contributed by atoms with Crippen LogP contribution in [0.1, 0.15) is 0 Å². The van der Waals surface area contributed by atoms with E-state index in [4.69, 9.17) is 11.8 Å². The maximum atomic E-state index is 6.25. The Morgan fingerprint density at radius 1 is 1.50 bits per heavy atom. The van der Waals surface area contributed by atoms with Gasteiger partial charge in [0.05, 0.1) is 0 Å². The Morgan fingerprint density at radius 2 is 1.50 bits per heavy atom. The number of nitrogens with zero attached hydrogens (tertiary/aromatic N) is 1. The fraction of sp³-hybridized carbons (Fsp3) is 0.500. The van der Waals surface area contributed by atoms with Gasteiger partial charge in [-0.1, -0.05) is 0 Å². The van der Waals surface area contributed by atoms with Crippen LogP contribution >= 0.6 is 0 Å². The Morgan fingerprint density at radius 3 is 1.50 bits per heavy atom. The third-order valence-corrected chi connectivity index (χ3v) is 0. The van der Waals surface area contributed by atoms with Crippen LogP contribution < -0.4 is 0 Å². The predicted molar refractivity (Wildman–Crippen MR) is 10.8 cm³/mol. The Hall–Kier alpha value is 0.425. The van der Waals surface area contributed by atoms with E-state index in [-0.39, 0.29) is 0 Å². The van der Waals surface area contributed by atoms with E-state index in [0.717, 1.165) is 26.1 Å². The molecule has 0 bridgehead atoms. The fourth-order valence-corrected chi connectivity index (χ4v) is 0. The molecule has 0 spiro atoms. The van der Waals surface area contributed by atoms with E-state index in [1.165, 1.54) is 0 Å². The fourth-order valence-electron chi connectivity index (χ4n) is 0. The molecule has 0 aromatic heterocycles. The summed E-state index contributed by atoms with van der Waals surface area (Å²) in [7, 11) is 0. The molecule has 0 aliphatic rings. The summed E-state index contributed by atoms with van der Waals surface area (Å²) in [4.78, 5) is 0. The van der Waals surface area contributed by atoms with Crippen LogP contribution in [-0.4, -0.2) is 0 Å². The zero-order valence-corrected chi connectivity index (χ0v) is 8.15. The normalized spacial score (nSPS) is 2.25. The van der Waals surface area contributed by atoms with Crippen molar-refractivity contribution >= 4 is 0 Å². The van der Waals surface area contributed by atoms with Gasteiger partial charge in [0.2, 0.25) is 0 Å². The van der Waals surface area contributed by atoms with Crippen molar-refractivity contribution in [3.05, 3.63) is 6.57 Å². The molecule has 0 N–H and O–H groups in total. The van der Waals surface area contributed by atoms with E-state index in [9.17, 15) is 0 Å². The van der Waals surface area contributed by atoms with Gasteiger partial charge in [-0.3, -0.25) is 0 Å². The molecule has 0 saturated heterocycles. The van der Waals surface area contributed by atoms with Gasteiger partial charge in [0.1, 0.15) is 0 Å². The SMILES string of the molecule is [C-]#N.[CH3][Hg+]. The van der Waals surface area contributed by atoms with Gasteiger partial charge in [0.15, 0.2) is 0 Å².